The van der Waals surface area contributed by atoms with Gasteiger partial charge in [-0.15, -0.1) is 0 Å². The van der Waals surface area contributed by atoms with Gasteiger partial charge >= 0.3 is 0 Å². The van der Waals surface area contributed by atoms with E-state index in [0.717, 1.165) is 37.6 Å². The zero-order chi connectivity index (χ0) is 10.6. The average molecular weight is 209 g/mol. The first-order chi connectivity index (χ1) is 7.05. The molecule has 3 nitrogen and oxygen atoms in total. The molecule has 0 spiro atoms. The fourth-order valence-electron chi connectivity index (χ4n) is 3.31. The Kier molecular flexibility index (Phi) is 1.91. The maximum atomic E-state index is 12.1. The lowest BCUT2D eigenvalue weighted by Crippen LogP contribution is -2.37. The first-order valence-corrected chi connectivity index (χ1v) is 6.06. The number of carbonyl (C=O) groups excluding carboxylic acids is 1. The summed E-state index contributed by atoms with van der Waals surface area (Å²) in [6.07, 6.45) is 4.32. The van der Waals surface area contributed by atoms with E-state index in [-0.39, 0.29) is 5.92 Å². The monoisotopic (exact) mass is 209 g/mol. The van der Waals surface area contributed by atoms with Crippen LogP contribution in [0.1, 0.15) is 32.6 Å². The molecule has 1 N–H and O–H groups in total. The minimum Gasteiger partial charge on any atom is -0.388 e. The molecule has 0 aromatic rings. The Morgan fingerprint density at radius 3 is 2.53 bits per heavy atom. The van der Waals surface area contributed by atoms with Crippen LogP contribution in [0.4, 0.5) is 0 Å². The number of fused-ring (bicyclic) bond motifs is 1. The number of nitrogens with zero attached hydrogens (tertiary/aromatic N) is 1. The average Bonchev–Trinajstić information content (AvgIpc) is 2.62. The predicted molar refractivity (Wildman–Crippen MR) is 56.1 cm³/mol. The fourth-order valence-corrected chi connectivity index (χ4v) is 3.31. The molecule has 1 aliphatic heterocycles. The summed E-state index contributed by atoms with van der Waals surface area (Å²) in [6, 6.07) is 0. The lowest BCUT2D eigenvalue weighted by molar-refractivity contribution is -0.135. The largest absolute Gasteiger partial charge is 0.388 e. The second-order valence-corrected chi connectivity index (χ2v) is 5.93. The maximum absolute atomic E-state index is 12.1. The third-order valence-corrected chi connectivity index (χ3v) is 4.36. The summed E-state index contributed by atoms with van der Waals surface area (Å²) in [5, 5.41) is 9.82. The van der Waals surface area contributed by atoms with Gasteiger partial charge < -0.3 is 10.0 Å². The molecule has 84 valence electrons. The second kappa shape index (κ2) is 2.97. The third kappa shape index (κ3) is 1.67. The highest BCUT2D eigenvalue weighted by Gasteiger charge is 2.49. The minimum absolute atomic E-state index is 0.280. The van der Waals surface area contributed by atoms with E-state index in [1.807, 2.05) is 11.8 Å². The van der Waals surface area contributed by atoms with Crippen molar-refractivity contribution in [2.75, 3.05) is 13.1 Å². The van der Waals surface area contributed by atoms with Crippen molar-refractivity contribution in [3.63, 3.8) is 0 Å². The Bertz CT molecular complexity index is 290. The second-order valence-electron chi connectivity index (χ2n) is 5.93. The number of carbonyl (C=O) groups is 1. The number of rotatable bonds is 1. The highest BCUT2D eigenvalue weighted by molar-refractivity contribution is 5.79. The summed E-state index contributed by atoms with van der Waals surface area (Å²) in [6.45, 7) is 3.11. The van der Waals surface area contributed by atoms with Crippen molar-refractivity contribution in [1.29, 1.82) is 0 Å². The number of hydrogen-bond acceptors (Lipinski definition) is 2. The number of aliphatic hydroxyl groups is 1. The molecule has 3 atom stereocenters. The van der Waals surface area contributed by atoms with Gasteiger partial charge in [-0.1, -0.05) is 0 Å². The van der Waals surface area contributed by atoms with Crippen LogP contribution in [0.15, 0.2) is 0 Å². The van der Waals surface area contributed by atoms with Gasteiger partial charge in [-0.2, -0.15) is 0 Å². The van der Waals surface area contributed by atoms with Gasteiger partial charge in [-0.25, -0.2) is 0 Å². The smallest absolute Gasteiger partial charge is 0.225 e. The van der Waals surface area contributed by atoms with Gasteiger partial charge in [0.1, 0.15) is 0 Å². The van der Waals surface area contributed by atoms with Crippen LogP contribution in [0.5, 0.6) is 0 Å². The molecular weight excluding hydrogens is 190 g/mol. The quantitative estimate of drug-likeness (QED) is 0.700. The first-order valence-electron chi connectivity index (χ1n) is 6.06. The summed E-state index contributed by atoms with van der Waals surface area (Å²) in [7, 11) is 0. The standard InChI is InChI=1S/C12H19NO2/c1-12(15)2-3-13(7-12)11(14)10-5-8-4-9(8)6-10/h8-10,15H,2-7H2,1H3. The summed E-state index contributed by atoms with van der Waals surface area (Å²) in [5.41, 5.74) is -0.642. The van der Waals surface area contributed by atoms with E-state index in [0.29, 0.717) is 12.5 Å². The van der Waals surface area contributed by atoms with Gasteiger partial charge in [0.15, 0.2) is 0 Å². The number of β-amino-alcohol motifs (C(OH)–C–C–N with tert-alkyl or cyclic N) is 1. The first kappa shape index (κ1) is 9.64. The summed E-state index contributed by atoms with van der Waals surface area (Å²) in [4.78, 5) is 14.0. The molecule has 2 saturated carbocycles. The Morgan fingerprint density at radius 1 is 1.33 bits per heavy atom. The highest BCUT2D eigenvalue weighted by Crippen LogP contribution is 2.54. The SMILES string of the molecule is CC1(O)CCN(C(=O)C2CC3CC3C2)C1. The Balaban J connectivity index is 1.61. The topological polar surface area (TPSA) is 40.5 Å². The molecule has 3 aliphatic rings. The molecule has 3 fully saturated rings. The van der Waals surface area contributed by atoms with Gasteiger partial charge in [0, 0.05) is 19.0 Å². The fraction of sp³-hybridized carbons (Fsp3) is 0.917. The molecule has 3 heteroatoms. The van der Waals surface area contributed by atoms with E-state index >= 15 is 0 Å². The van der Waals surface area contributed by atoms with Crippen molar-refractivity contribution >= 4 is 5.91 Å². The lowest BCUT2D eigenvalue weighted by Gasteiger charge is -2.22. The Morgan fingerprint density at radius 2 is 2.00 bits per heavy atom. The van der Waals surface area contributed by atoms with Gasteiger partial charge in [0.25, 0.3) is 0 Å². The van der Waals surface area contributed by atoms with Crippen LogP contribution in [0, 0.1) is 17.8 Å². The van der Waals surface area contributed by atoms with Crippen molar-refractivity contribution < 1.29 is 9.90 Å². The number of hydrogen-bond donors (Lipinski definition) is 1. The lowest BCUT2D eigenvalue weighted by atomic mass is 10.0. The minimum atomic E-state index is -0.642. The van der Waals surface area contributed by atoms with Crippen molar-refractivity contribution in [1.82, 2.24) is 4.90 Å². The molecule has 1 heterocycles. The van der Waals surface area contributed by atoms with E-state index in [2.05, 4.69) is 0 Å². The summed E-state index contributed by atoms with van der Waals surface area (Å²) in [5.74, 6) is 2.31. The van der Waals surface area contributed by atoms with Crippen LogP contribution in [-0.2, 0) is 4.79 Å². The van der Waals surface area contributed by atoms with Crippen LogP contribution >= 0.6 is 0 Å². The molecule has 1 amide bonds. The molecule has 3 unspecified atom stereocenters. The van der Waals surface area contributed by atoms with E-state index in [1.165, 1.54) is 6.42 Å². The third-order valence-electron chi connectivity index (χ3n) is 4.36. The molecule has 1 saturated heterocycles. The summed E-state index contributed by atoms with van der Waals surface area (Å²) < 4.78 is 0. The molecule has 3 rings (SSSR count). The molecule has 0 aromatic carbocycles. The molecule has 15 heavy (non-hydrogen) atoms. The number of likely N-dealkylation sites (tertiary alicyclic amines) is 1. The van der Waals surface area contributed by atoms with Crippen LogP contribution in [0.3, 0.4) is 0 Å². The molecular formula is C12H19NO2. The van der Waals surface area contributed by atoms with Crippen molar-refractivity contribution in [3.8, 4) is 0 Å². The van der Waals surface area contributed by atoms with E-state index < -0.39 is 5.60 Å². The Hall–Kier alpha value is -0.570. The van der Waals surface area contributed by atoms with Gasteiger partial charge in [0.05, 0.1) is 5.60 Å². The van der Waals surface area contributed by atoms with Crippen LogP contribution < -0.4 is 0 Å². The van der Waals surface area contributed by atoms with E-state index in [9.17, 15) is 9.90 Å². The zero-order valence-corrected chi connectivity index (χ0v) is 9.28. The van der Waals surface area contributed by atoms with E-state index in [1.54, 1.807) is 0 Å². The number of amides is 1. The molecule has 0 radical (unpaired) electrons. The molecule has 0 aromatic heterocycles. The van der Waals surface area contributed by atoms with Crippen molar-refractivity contribution in [2.45, 2.75) is 38.2 Å². The zero-order valence-electron chi connectivity index (χ0n) is 9.28. The molecule has 2 aliphatic carbocycles. The van der Waals surface area contributed by atoms with Crippen molar-refractivity contribution in [3.05, 3.63) is 0 Å². The van der Waals surface area contributed by atoms with Crippen LogP contribution in [0.2, 0.25) is 0 Å². The Labute approximate surface area is 90.5 Å². The van der Waals surface area contributed by atoms with Crippen LogP contribution in [0.25, 0.3) is 0 Å². The predicted octanol–water partition coefficient (Wildman–Crippen LogP) is 1.02. The summed E-state index contributed by atoms with van der Waals surface area (Å²) >= 11 is 0. The van der Waals surface area contributed by atoms with Gasteiger partial charge in [0.2, 0.25) is 5.91 Å². The van der Waals surface area contributed by atoms with Gasteiger partial charge in [-0.3, -0.25) is 4.79 Å². The highest BCUT2D eigenvalue weighted by atomic mass is 16.3. The van der Waals surface area contributed by atoms with Crippen LogP contribution in [-0.4, -0.2) is 34.6 Å². The normalized spacial score (nSPS) is 48.1. The van der Waals surface area contributed by atoms with Gasteiger partial charge in [-0.05, 0) is 44.4 Å². The maximum Gasteiger partial charge on any atom is 0.225 e. The van der Waals surface area contributed by atoms with Crippen molar-refractivity contribution in [2.24, 2.45) is 17.8 Å². The van der Waals surface area contributed by atoms with E-state index in [4.69, 9.17) is 0 Å². The molecule has 0 bridgehead atoms.